The summed E-state index contributed by atoms with van der Waals surface area (Å²) in [7, 11) is -1.73. The van der Waals surface area contributed by atoms with Crippen LogP contribution in [0.25, 0.3) is 4.96 Å². The van der Waals surface area contributed by atoms with E-state index >= 15 is 0 Å². The molecule has 2 aliphatic rings. The van der Waals surface area contributed by atoms with Crippen LogP contribution >= 0.6 is 22.9 Å². The van der Waals surface area contributed by atoms with Crippen molar-refractivity contribution < 1.29 is 8.42 Å². The smallest absolute Gasteiger partial charge is 0.281 e. The predicted molar refractivity (Wildman–Crippen MR) is 125 cm³/mol. The molecule has 1 aliphatic carbocycles. The molecule has 1 aliphatic heterocycles. The van der Waals surface area contributed by atoms with Crippen LogP contribution in [0.4, 0.5) is 5.69 Å². The Balaban J connectivity index is 1.49. The van der Waals surface area contributed by atoms with Crippen molar-refractivity contribution in [2.75, 3.05) is 37.9 Å². The first-order chi connectivity index (χ1) is 14.7. The lowest BCUT2D eigenvalue weighted by Gasteiger charge is -2.37. The first kappa shape index (κ1) is 21.2. The van der Waals surface area contributed by atoms with Gasteiger partial charge in [0.15, 0.2) is 15.1 Å². The highest BCUT2D eigenvalue weighted by atomic mass is 35.5. The average molecular weight is 480 g/mol. The lowest BCUT2D eigenvalue weighted by molar-refractivity contribution is 0.105. The summed E-state index contributed by atoms with van der Waals surface area (Å²) in [5.41, 5.74) is 3.12. The molecule has 3 heterocycles. The quantitative estimate of drug-likeness (QED) is 0.616. The minimum absolute atomic E-state index is 0.0167. The molecule has 7 nitrogen and oxygen atoms in total. The first-order valence-corrected chi connectivity index (χ1v) is 13.1. The molecule has 0 spiro atoms. The highest BCUT2D eigenvalue weighted by Gasteiger charge is 2.40. The van der Waals surface area contributed by atoms with Crippen molar-refractivity contribution in [2.24, 2.45) is 0 Å². The maximum Gasteiger partial charge on any atom is 0.281 e. The number of imidazole rings is 1. The molecule has 3 aromatic rings. The second-order valence-corrected chi connectivity index (χ2v) is 11.9. The fraction of sp³-hybridized carbons (Fsp3) is 0.476. The Morgan fingerprint density at radius 1 is 1.23 bits per heavy atom. The van der Waals surface area contributed by atoms with Crippen molar-refractivity contribution in [3.05, 3.63) is 46.1 Å². The Bertz CT molecular complexity index is 1240. The van der Waals surface area contributed by atoms with Gasteiger partial charge in [-0.1, -0.05) is 31.5 Å². The summed E-state index contributed by atoms with van der Waals surface area (Å²) in [5.74, 6) is 0. The molecule has 2 aromatic heterocycles. The fourth-order valence-corrected chi connectivity index (χ4v) is 7.37. The van der Waals surface area contributed by atoms with E-state index in [0.717, 1.165) is 32.6 Å². The molecule has 0 radical (unpaired) electrons. The number of thiazole rings is 1. The third-order valence-corrected chi connectivity index (χ3v) is 9.04. The summed E-state index contributed by atoms with van der Waals surface area (Å²) in [6, 6.07) is 6.22. The Morgan fingerprint density at radius 2 is 1.97 bits per heavy atom. The second kappa shape index (κ2) is 7.45. The lowest BCUT2D eigenvalue weighted by atomic mass is 9.86. The molecule has 1 saturated heterocycles. The summed E-state index contributed by atoms with van der Waals surface area (Å²) in [4.78, 5) is 9.59. The first-order valence-electron chi connectivity index (χ1n) is 10.4. The number of benzene rings is 1. The molecular formula is C21H26ClN5O2S2. The molecule has 1 fully saturated rings. The molecule has 1 atom stereocenters. The van der Waals surface area contributed by atoms with E-state index in [4.69, 9.17) is 11.6 Å². The van der Waals surface area contributed by atoms with E-state index in [2.05, 4.69) is 46.5 Å². The monoisotopic (exact) mass is 479 g/mol. The number of anilines is 1. The van der Waals surface area contributed by atoms with Crippen LogP contribution in [0.15, 0.2) is 34.8 Å². The number of aromatic nitrogens is 2. The standard InChI is InChI=1S/C21H26ClN5O2S2/c1-21(2)13-17(26-8-6-25(3)7-9-26)15-12-14(4-5-16(15)21)24-31(28,29)19-18(22)23-20-27(19)10-11-30-20/h4-5,10-12,17,24H,6-9,13H2,1-3H3. The van der Waals surface area contributed by atoms with Gasteiger partial charge in [0, 0.05) is 49.5 Å². The molecule has 0 amide bonds. The number of hydrogen-bond acceptors (Lipinski definition) is 6. The van der Waals surface area contributed by atoms with Crippen molar-refractivity contribution in [1.29, 1.82) is 0 Å². The maximum atomic E-state index is 13.2. The van der Waals surface area contributed by atoms with E-state index in [-0.39, 0.29) is 15.6 Å². The van der Waals surface area contributed by atoms with Crippen molar-refractivity contribution in [3.8, 4) is 0 Å². The summed E-state index contributed by atoms with van der Waals surface area (Å²) >= 11 is 7.52. The minimum atomic E-state index is -3.89. The molecule has 5 rings (SSSR count). The SMILES string of the molecule is CN1CCN(C2CC(C)(C)c3ccc(NS(=O)(=O)c4c(Cl)nc5sccn45)cc32)CC1. The van der Waals surface area contributed by atoms with Gasteiger partial charge in [-0.05, 0) is 42.1 Å². The van der Waals surface area contributed by atoms with E-state index in [0.29, 0.717) is 16.7 Å². The van der Waals surface area contributed by atoms with Crippen LogP contribution in [0.1, 0.15) is 37.4 Å². The molecule has 0 bridgehead atoms. The molecule has 0 saturated carbocycles. The third kappa shape index (κ3) is 3.66. The number of hydrogen-bond donors (Lipinski definition) is 1. The zero-order valence-electron chi connectivity index (χ0n) is 17.8. The average Bonchev–Trinajstić information content (AvgIpc) is 3.33. The van der Waals surface area contributed by atoms with Gasteiger partial charge in [-0.15, -0.1) is 11.3 Å². The summed E-state index contributed by atoms with van der Waals surface area (Å²) in [6.45, 7) is 8.68. The van der Waals surface area contributed by atoms with Crippen molar-refractivity contribution in [3.63, 3.8) is 0 Å². The summed E-state index contributed by atoms with van der Waals surface area (Å²) < 4.78 is 30.6. The van der Waals surface area contributed by atoms with Crippen LogP contribution in [0.2, 0.25) is 5.15 Å². The van der Waals surface area contributed by atoms with Gasteiger partial charge in [0.25, 0.3) is 10.0 Å². The Kier molecular flexibility index (Phi) is 5.10. The molecule has 1 unspecified atom stereocenters. The predicted octanol–water partition coefficient (Wildman–Crippen LogP) is 3.82. The number of fused-ring (bicyclic) bond motifs is 2. The highest BCUT2D eigenvalue weighted by molar-refractivity contribution is 7.92. The van der Waals surface area contributed by atoms with Gasteiger partial charge in [0.1, 0.15) is 0 Å². The van der Waals surface area contributed by atoms with Gasteiger partial charge in [0.05, 0.1) is 0 Å². The van der Waals surface area contributed by atoms with Crippen molar-refractivity contribution in [1.82, 2.24) is 19.2 Å². The van der Waals surface area contributed by atoms with Gasteiger partial charge < -0.3 is 4.90 Å². The van der Waals surface area contributed by atoms with Gasteiger partial charge in [-0.3, -0.25) is 14.0 Å². The number of nitrogens with one attached hydrogen (secondary N) is 1. The Labute approximate surface area is 191 Å². The van der Waals surface area contributed by atoms with E-state index in [1.807, 2.05) is 12.1 Å². The van der Waals surface area contributed by atoms with Gasteiger partial charge in [-0.2, -0.15) is 8.42 Å². The number of likely N-dealkylation sites (N-methyl/N-ethyl adjacent to an activating group) is 1. The zero-order valence-corrected chi connectivity index (χ0v) is 20.2. The second-order valence-electron chi connectivity index (χ2n) is 9.11. The van der Waals surface area contributed by atoms with Crippen molar-refractivity contribution >= 4 is 43.6 Å². The topological polar surface area (TPSA) is 69.9 Å². The maximum absolute atomic E-state index is 13.2. The fourth-order valence-electron chi connectivity index (χ4n) is 4.86. The van der Waals surface area contributed by atoms with Crippen LogP contribution in [0, 0.1) is 0 Å². The normalized spacial score (nSPS) is 22.1. The minimum Gasteiger partial charge on any atom is -0.304 e. The Morgan fingerprint density at radius 3 is 2.71 bits per heavy atom. The van der Waals surface area contributed by atoms with Crippen LogP contribution in [-0.2, 0) is 15.4 Å². The number of sulfonamides is 1. The zero-order chi connectivity index (χ0) is 22.0. The molecule has 10 heteroatoms. The van der Waals surface area contributed by atoms with Crippen LogP contribution in [-0.4, -0.2) is 60.8 Å². The molecular weight excluding hydrogens is 454 g/mol. The summed E-state index contributed by atoms with van der Waals surface area (Å²) in [6.07, 6.45) is 2.70. The highest BCUT2D eigenvalue weighted by Crippen LogP contribution is 2.48. The van der Waals surface area contributed by atoms with Gasteiger partial charge in [0.2, 0.25) is 0 Å². The van der Waals surface area contributed by atoms with E-state index < -0.39 is 10.0 Å². The number of rotatable bonds is 4. The van der Waals surface area contributed by atoms with E-state index in [1.165, 1.54) is 26.9 Å². The largest absolute Gasteiger partial charge is 0.304 e. The number of nitrogens with zero attached hydrogens (tertiary/aromatic N) is 4. The number of piperazine rings is 1. The molecule has 166 valence electrons. The third-order valence-electron chi connectivity index (χ3n) is 6.51. The molecule has 1 aromatic carbocycles. The van der Waals surface area contributed by atoms with Crippen LogP contribution in [0.3, 0.4) is 0 Å². The van der Waals surface area contributed by atoms with Gasteiger partial charge in [-0.25, -0.2) is 4.98 Å². The van der Waals surface area contributed by atoms with Crippen LogP contribution in [0.5, 0.6) is 0 Å². The lowest BCUT2D eigenvalue weighted by Crippen LogP contribution is -2.45. The Hall–Kier alpha value is -1.65. The van der Waals surface area contributed by atoms with Crippen LogP contribution < -0.4 is 4.72 Å². The summed E-state index contributed by atoms with van der Waals surface area (Å²) in [5, 5.41) is 1.74. The molecule has 31 heavy (non-hydrogen) atoms. The number of halogens is 1. The van der Waals surface area contributed by atoms with E-state index in [9.17, 15) is 8.42 Å². The van der Waals surface area contributed by atoms with Crippen molar-refractivity contribution in [2.45, 2.75) is 36.8 Å². The van der Waals surface area contributed by atoms with E-state index in [1.54, 1.807) is 11.6 Å². The van der Waals surface area contributed by atoms with Gasteiger partial charge >= 0.3 is 0 Å². The molecule has 1 N–H and O–H groups in total.